The Balaban J connectivity index is 2.17. The zero-order chi connectivity index (χ0) is 14.8. The summed E-state index contributed by atoms with van der Waals surface area (Å²) >= 11 is 0. The van der Waals surface area contributed by atoms with Crippen LogP contribution in [-0.4, -0.2) is 23.3 Å². The standard InChI is InChI=1S/C17H19N3O/c1-12-7-8-13(11-14(12)18)17-19-15-5-3-4-6-16(15)20(17)9-10-21-2/h3-8,11H,9-10,18H2,1-2H3. The third-order valence-corrected chi connectivity index (χ3v) is 3.71. The van der Waals surface area contributed by atoms with Crippen molar-refractivity contribution in [3.8, 4) is 11.4 Å². The molecule has 0 spiro atoms. The second kappa shape index (κ2) is 5.58. The molecule has 0 unspecified atom stereocenters. The van der Waals surface area contributed by atoms with Crippen molar-refractivity contribution in [1.82, 2.24) is 9.55 Å². The van der Waals surface area contributed by atoms with Crippen molar-refractivity contribution >= 4 is 16.7 Å². The second-order valence-corrected chi connectivity index (χ2v) is 5.14. The molecule has 3 rings (SSSR count). The third kappa shape index (κ3) is 2.50. The van der Waals surface area contributed by atoms with E-state index >= 15 is 0 Å². The van der Waals surface area contributed by atoms with E-state index < -0.39 is 0 Å². The lowest BCUT2D eigenvalue weighted by Gasteiger charge is -2.10. The molecule has 0 aliphatic heterocycles. The average molecular weight is 281 g/mol. The Morgan fingerprint density at radius 2 is 2.00 bits per heavy atom. The number of anilines is 1. The van der Waals surface area contributed by atoms with Crippen molar-refractivity contribution in [2.24, 2.45) is 0 Å². The lowest BCUT2D eigenvalue weighted by atomic mass is 10.1. The van der Waals surface area contributed by atoms with E-state index in [9.17, 15) is 0 Å². The lowest BCUT2D eigenvalue weighted by Crippen LogP contribution is -2.06. The van der Waals surface area contributed by atoms with Crippen molar-refractivity contribution in [3.63, 3.8) is 0 Å². The average Bonchev–Trinajstić information content (AvgIpc) is 2.86. The maximum absolute atomic E-state index is 6.04. The van der Waals surface area contributed by atoms with Crippen LogP contribution in [0.15, 0.2) is 42.5 Å². The second-order valence-electron chi connectivity index (χ2n) is 5.14. The molecule has 4 nitrogen and oxygen atoms in total. The zero-order valence-electron chi connectivity index (χ0n) is 12.3. The van der Waals surface area contributed by atoms with E-state index in [1.807, 2.05) is 37.3 Å². The summed E-state index contributed by atoms with van der Waals surface area (Å²) in [5.41, 5.74) is 11.0. The van der Waals surface area contributed by atoms with E-state index in [-0.39, 0.29) is 0 Å². The van der Waals surface area contributed by atoms with E-state index in [0.29, 0.717) is 6.61 Å². The number of fused-ring (bicyclic) bond motifs is 1. The molecule has 1 aromatic heterocycles. The highest BCUT2D eigenvalue weighted by atomic mass is 16.5. The number of aryl methyl sites for hydroxylation is 1. The highest BCUT2D eigenvalue weighted by molar-refractivity contribution is 5.81. The van der Waals surface area contributed by atoms with Gasteiger partial charge in [-0.15, -0.1) is 0 Å². The van der Waals surface area contributed by atoms with Crippen LogP contribution < -0.4 is 5.73 Å². The molecule has 1 heterocycles. The predicted molar refractivity (Wildman–Crippen MR) is 86.2 cm³/mol. The highest BCUT2D eigenvalue weighted by Gasteiger charge is 2.12. The maximum atomic E-state index is 6.04. The van der Waals surface area contributed by atoms with Gasteiger partial charge in [0.25, 0.3) is 0 Å². The molecular weight excluding hydrogens is 262 g/mol. The van der Waals surface area contributed by atoms with Crippen LogP contribution in [0.2, 0.25) is 0 Å². The topological polar surface area (TPSA) is 53.1 Å². The van der Waals surface area contributed by atoms with Gasteiger partial charge < -0.3 is 15.0 Å². The number of hydrogen-bond donors (Lipinski definition) is 1. The number of nitrogen functional groups attached to an aromatic ring is 1. The summed E-state index contributed by atoms with van der Waals surface area (Å²) in [5, 5.41) is 0. The summed E-state index contributed by atoms with van der Waals surface area (Å²) in [6, 6.07) is 14.2. The monoisotopic (exact) mass is 281 g/mol. The van der Waals surface area contributed by atoms with Crippen LogP contribution >= 0.6 is 0 Å². The summed E-state index contributed by atoms with van der Waals surface area (Å²) < 4.78 is 7.41. The molecule has 0 atom stereocenters. The first-order valence-electron chi connectivity index (χ1n) is 7.01. The van der Waals surface area contributed by atoms with Crippen LogP contribution in [0.25, 0.3) is 22.4 Å². The Morgan fingerprint density at radius 1 is 1.19 bits per heavy atom. The number of methoxy groups -OCH3 is 1. The smallest absolute Gasteiger partial charge is 0.141 e. The predicted octanol–water partition coefficient (Wildman–Crippen LogP) is 3.24. The van der Waals surface area contributed by atoms with Gasteiger partial charge in [-0.3, -0.25) is 0 Å². The first kappa shape index (κ1) is 13.6. The number of imidazole rings is 1. The molecule has 0 fully saturated rings. The Hall–Kier alpha value is -2.33. The number of hydrogen-bond acceptors (Lipinski definition) is 3. The number of nitrogens with zero attached hydrogens (tertiary/aromatic N) is 2. The van der Waals surface area contributed by atoms with E-state index in [2.05, 4.69) is 16.7 Å². The molecule has 0 radical (unpaired) electrons. The van der Waals surface area contributed by atoms with E-state index in [4.69, 9.17) is 15.5 Å². The summed E-state index contributed by atoms with van der Waals surface area (Å²) in [6.45, 7) is 3.42. The zero-order valence-corrected chi connectivity index (χ0v) is 12.3. The Bertz CT molecular complexity index is 777. The Kier molecular flexibility index (Phi) is 3.62. The number of ether oxygens (including phenoxy) is 1. The number of para-hydroxylation sites is 2. The van der Waals surface area contributed by atoms with Crippen LogP contribution in [0.4, 0.5) is 5.69 Å². The van der Waals surface area contributed by atoms with Gasteiger partial charge in [0, 0.05) is 24.9 Å². The third-order valence-electron chi connectivity index (χ3n) is 3.71. The fourth-order valence-electron chi connectivity index (χ4n) is 2.48. The molecular formula is C17H19N3O. The minimum atomic E-state index is 0.648. The largest absolute Gasteiger partial charge is 0.398 e. The van der Waals surface area contributed by atoms with E-state index in [1.165, 1.54) is 0 Å². The van der Waals surface area contributed by atoms with Crippen molar-refractivity contribution in [1.29, 1.82) is 0 Å². The normalized spacial score (nSPS) is 11.1. The molecule has 0 aliphatic carbocycles. The van der Waals surface area contributed by atoms with Gasteiger partial charge in [0.15, 0.2) is 0 Å². The first-order chi connectivity index (χ1) is 10.2. The maximum Gasteiger partial charge on any atom is 0.141 e. The molecule has 0 saturated heterocycles. The fraction of sp³-hybridized carbons (Fsp3) is 0.235. The number of nitrogens with two attached hydrogens (primary N) is 1. The van der Waals surface area contributed by atoms with Gasteiger partial charge in [-0.1, -0.05) is 24.3 Å². The van der Waals surface area contributed by atoms with Crippen LogP contribution in [0.5, 0.6) is 0 Å². The van der Waals surface area contributed by atoms with Crippen LogP contribution in [-0.2, 0) is 11.3 Å². The molecule has 3 aromatic rings. The molecule has 0 amide bonds. The molecule has 2 N–H and O–H groups in total. The van der Waals surface area contributed by atoms with Crippen LogP contribution in [0.3, 0.4) is 0 Å². The van der Waals surface area contributed by atoms with Gasteiger partial charge in [-0.05, 0) is 30.7 Å². The van der Waals surface area contributed by atoms with Gasteiger partial charge in [0.1, 0.15) is 5.82 Å². The molecule has 0 aliphatic rings. The van der Waals surface area contributed by atoms with Gasteiger partial charge in [0.05, 0.1) is 17.6 Å². The van der Waals surface area contributed by atoms with Crippen LogP contribution in [0.1, 0.15) is 5.56 Å². The molecule has 0 saturated carbocycles. The Morgan fingerprint density at radius 3 is 2.76 bits per heavy atom. The molecule has 4 heteroatoms. The quantitative estimate of drug-likeness (QED) is 0.747. The number of aromatic nitrogens is 2. The van der Waals surface area contributed by atoms with Crippen molar-refractivity contribution in [2.75, 3.05) is 19.5 Å². The molecule has 21 heavy (non-hydrogen) atoms. The molecule has 108 valence electrons. The van der Waals surface area contributed by atoms with Gasteiger partial charge in [0.2, 0.25) is 0 Å². The number of rotatable bonds is 4. The van der Waals surface area contributed by atoms with Gasteiger partial charge in [-0.2, -0.15) is 0 Å². The summed E-state index contributed by atoms with van der Waals surface area (Å²) in [4.78, 5) is 4.76. The lowest BCUT2D eigenvalue weighted by molar-refractivity contribution is 0.188. The van der Waals surface area contributed by atoms with Gasteiger partial charge >= 0.3 is 0 Å². The van der Waals surface area contributed by atoms with Crippen molar-refractivity contribution in [2.45, 2.75) is 13.5 Å². The number of benzene rings is 2. The van der Waals surface area contributed by atoms with E-state index in [0.717, 1.165) is 40.2 Å². The summed E-state index contributed by atoms with van der Waals surface area (Å²) in [5.74, 6) is 0.931. The molecule has 2 aromatic carbocycles. The summed E-state index contributed by atoms with van der Waals surface area (Å²) in [6.07, 6.45) is 0. The SMILES string of the molecule is COCCn1c(-c2ccc(C)c(N)c2)nc2ccccc21. The fourth-order valence-corrected chi connectivity index (χ4v) is 2.48. The van der Waals surface area contributed by atoms with E-state index in [1.54, 1.807) is 7.11 Å². The molecule has 0 bridgehead atoms. The summed E-state index contributed by atoms with van der Waals surface area (Å²) in [7, 11) is 1.71. The highest BCUT2D eigenvalue weighted by Crippen LogP contribution is 2.27. The minimum absolute atomic E-state index is 0.648. The van der Waals surface area contributed by atoms with Crippen molar-refractivity contribution < 1.29 is 4.74 Å². The minimum Gasteiger partial charge on any atom is -0.398 e. The van der Waals surface area contributed by atoms with Gasteiger partial charge in [-0.25, -0.2) is 4.98 Å². The first-order valence-corrected chi connectivity index (χ1v) is 7.01. The van der Waals surface area contributed by atoms with Crippen molar-refractivity contribution in [3.05, 3.63) is 48.0 Å². The van der Waals surface area contributed by atoms with Crippen LogP contribution in [0, 0.1) is 6.92 Å². The Labute approximate surface area is 124 Å².